The Morgan fingerprint density at radius 2 is 2.14 bits per heavy atom. The number of aromatic nitrogens is 3. The lowest BCUT2D eigenvalue weighted by Crippen LogP contribution is -2.39. The Balaban J connectivity index is 0.00000300. The van der Waals surface area contributed by atoms with Crippen molar-refractivity contribution in [3.63, 3.8) is 0 Å². The molecule has 0 saturated heterocycles. The molecule has 7 nitrogen and oxygen atoms in total. The summed E-state index contributed by atoms with van der Waals surface area (Å²) in [4.78, 5) is 8.55. The van der Waals surface area contributed by atoms with Gasteiger partial charge in [0.1, 0.15) is 6.33 Å². The van der Waals surface area contributed by atoms with Crippen molar-refractivity contribution in [3.05, 3.63) is 36.2 Å². The average Bonchev–Trinajstić information content (AvgIpc) is 3.44. The summed E-state index contributed by atoms with van der Waals surface area (Å²) in [6.45, 7) is 4.43. The summed E-state index contributed by atoms with van der Waals surface area (Å²) in [5.74, 6) is 2.31. The number of hydrogen-bond donors (Lipinski definition) is 3. The van der Waals surface area contributed by atoms with Gasteiger partial charge in [0.05, 0.1) is 6.10 Å². The molecule has 0 spiro atoms. The first-order valence-corrected chi connectivity index (χ1v) is 10.3. The van der Waals surface area contributed by atoms with E-state index >= 15 is 0 Å². The van der Waals surface area contributed by atoms with E-state index in [9.17, 15) is 0 Å². The summed E-state index contributed by atoms with van der Waals surface area (Å²) in [6.07, 6.45) is 8.19. The predicted molar refractivity (Wildman–Crippen MR) is 127 cm³/mol. The summed E-state index contributed by atoms with van der Waals surface area (Å²) in [5, 5.41) is 13.6. The molecule has 1 unspecified atom stereocenters. The number of rotatable bonds is 9. The van der Waals surface area contributed by atoms with E-state index in [1.807, 2.05) is 12.1 Å². The molecule has 1 aliphatic carbocycles. The third-order valence-electron chi connectivity index (χ3n) is 5.33. The van der Waals surface area contributed by atoms with Crippen LogP contribution >= 0.6 is 24.0 Å². The van der Waals surface area contributed by atoms with Crippen molar-refractivity contribution >= 4 is 29.9 Å². The molecule has 1 heterocycles. The molecule has 3 N–H and O–H groups in total. The highest BCUT2D eigenvalue weighted by Crippen LogP contribution is 2.30. The fraction of sp³-hybridized carbons (Fsp3) is 0.571. The number of nitrogens with zero attached hydrogens (tertiary/aromatic N) is 3. The first-order valence-electron chi connectivity index (χ1n) is 10.3. The molecule has 1 fully saturated rings. The van der Waals surface area contributed by atoms with Crippen LogP contribution in [0.5, 0.6) is 0 Å². The Hall–Kier alpha value is -1.68. The van der Waals surface area contributed by atoms with Gasteiger partial charge in [-0.3, -0.25) is 10.1 Å². The molecule has 1 aromatic heterocycles. The van der Waals surface area contributed by atoms with Crippen molar-refractivity contribution in [1.29, 1.82) is 0 Å². The van der Waals surface area contributed by atoms with E-state index in [0.717, 1.165) is 48.4 Å². The number of hydrogen-bond acceptors (Lipinski definition) is 4. The van der Waals surface area contributed by atoms with Crippen LogP contribution in [0.25, 0.3) is 11.4 Å². The van der Waals surface area contributed by atoms with Gasteiger partial charge in [-0.25, -0.2) is 4.98 Å². The van der Waals surface area contributed by atoms with Gasteiger partial charge in [0.2, 0.25) is 0 Å². The standard InChI is InChI=1S/C21H32N6O.HI/c1-3-28-19(17-8-4-5-9-17)11-12-23-21(22-2)24-14-16-7-6-10-18(13-16)20-25-15-26-27-20;/h6-7,10,13,15,17,19H,3-5,8-9,11-12,14H2,1-2H3,(H2,22,23,24)(H,25,26,27);1H. The number of aromatic amines is 1. The van der Waals surface area contributed by atoms with Crippen molar-refractivity contribution in [2.45, 2.75) is 51.7 Å². The number of aliphatic imine (C=N–C) groups is 1. The number of halogens is 1. The number of H-pyrrole nitrogens is 1. The highest BCUT2D eigenvalue weighted by atomic mass is 127. The van der Waals surface area contributed by atoms with Crippen LogP contribution in [0.1, 0.15) is 44.6 Å². The summed E-state index contributed by atoms with van der Waals surface area (Å²) in [6, 6.07) is 8.24. The second kappa shape index (κ2) is 12.8. The molecule has 0 bridgehead atoms. The van der Waals surface area contributed by atoms with Crippen LogP contribution in [0, 0.1) is 5.92 Å². The fourth-order valence-corrected chi connectivity index (χ4v) is 3.91. The quantitative estimate of drug-likeness (QED) is 0.271. The summed E-state index contributed by atoms with van der Waals surface area (Å²) in [5.41, 5.74) is 2.19. The average molecular weight is 512 g/mol. The Labute approximate surface area is 190 Å². The van der Waals surface area contributed by atoms with Crippen molar-refractivity contribution < 1.29 is 4.74 Å². The minimum absolute atomic E-state index is 0. The molecule has 29 heavy (non-hydrogen) atoms. The molecule has 3 rings (SSSR count). The number of nitrogens with one attached hydrogen (secondary N) is 3. The third-order valence-corrected chi connectivity index (χ3v) is 5.33. The third kappa shape index (κ3) is 7.26. The van der Waals surface area contributed by atoms with Gasteiger partial charge in [0, 0.05) is 32.3 Å². The van der Waals surface area contributed by atoms with E-state index in [2.05, 4.69) is 49.9 Å². The van der Waals surface area contributed by atoms with E-state index in [4.69, 9.17) is 4.74 Å². The van der Waals surface area contributed by atoms with Crippen LogP contribution in [-0.2, 0) is 11.3 Å². The monoisotopic (exact) mass is 512 g/mol. The second-order valence-corrected chi connectivity index (χ2v) is 7.21. The summed E-state index contributed by atoms with van der Waals surface area (Å²) >= 11 is 0. The molecule has 1 aliphatic rings. The van der Waals surface area contributed by atoms with E-state index in [0.29, 0.717) is 12.6 Å². The predicted octanol–water partition coefficient (Wildman–Crippen LogP) is 3.74. The lowest BCUT2D eigenvalue weighted by atomic mass is 9.98. The molecular formula is C21H33IN6O. The van der Waals surface area contributed by atoms with Crippen molar-refractivity contribution in [3.8, 4) is 11.4 Å². The highest BCUT2D eigenvalue weighted by molar-refractivity contribution is 14.0. The van der Waals surface area contributed by atoms with Crippen LogP contribution in [0.3, 0.4) is 0 Å². The zero-order valence-corrected chi connectivity index (χ0v) is 19.7. The SMILES string of the molecule is CCOC(CCNC(=NC)NCc1cccc(-c2ncn[nH]2)c1)C1CCCC1.I. The van der Waals surface area contributed by atoms with E-state index in [-0.39, 0.29) is 24.0 Å². The van der Waals surface area contributed by atoms with Gasteiger partial charge in [0.15, 0.2) is 11.8 Å². The van der Waals surface area contributed by atoms with Gasteiger partial charge in [0.25, 0.3) is 0 Å². The first-order chi connectivity index (χ1) is 13.8. The minimum atomic E-state index is 0. The number of benzene rings is 1. The lowest BCUT2D eigenvalue weighted by molar-refractivity contribution is 0.0169. The first kappa shape index (κ1) is 23.6. The van der Waals surface area contributed by atoms with E-state index in [1.54, 1.807) is 7.05 Å². The normalized spacial score (nSPS) is 15.7. The minimum Gasteiger partial charge on any atom is -0.378 e. The molecule has 160 valence electrons. The second-order valence-electron chi connectivity index (χ2n) is 7.21. The molecule has 1 saturated carbocycles. The molecule has 0 radical (unpaired) electrons. The Kier molecular flexibility index (Phi) is 10.4. The Bertz CT molecular complexity index is 731. The lowest BCUT2D eigenvalue weighted by Gasteiger charge is -2.24. The highest BCUT2D eigenvalue weighted by Gasteiger charge is 2.25. The van der Waals surface area contributed by atoms with Crippen molar-refractivity contribution in [2.75, 3.05) is 20.2 Å². The van der Waals surface area contributed by atoms with Gasteiger partial charge in [-0.15, -0.1) is 24.0 Å². The maximum atomic E-state index is 6.00. The molecule has 1 aromatic carbocycles. The van der Waals surface area contributed by atoms with Crippen LogP contribution in [0.15, 0.2) is 35.6 Å². The zero-order valence-electron chi connectivity index (χ0n) is 17.4. The van der Waals surface area contributed by atoms with Crippen molar-refractivity contribution in [2.24, 2.45) is 10.9 Å². The maximum Gasteiger partial charge on any atom is 0.191 e. The fourth-order valence-electron chi connectivity index (χ4n) is 3.91. The van der Waals surface area contributed by atoms with Crippen LogP contribution in [-0.4, -0.2) is 47.4 Å². The van der Waals surface area contributed by atoms with Gasteiger partial charge >= 0.3 is 0 Å². The zero-order chi connectivity index (χ0) is 19.6. The topological polar surface area (TPSA) is 87.2 Å². The molecule has 2 aromatic rings. The Morgan fingerprint density at radius 3 is 2.83 bits per heavy atom. The summed E-state index contributed by atoms with van der Waals surface area (Å²) in [7, 11) is 1.80. The molecular weight excluding hydrogens is 479 g/mol. The van der Waals surface area contributed by atoms with E-state index in [1.165, 1.54) is 32.0 Å². The Morgan fingerprint density at radius 1 is 1.31 bits per heavy atom. The van der Waals surface area contributed by atoms with Gasteiger partial charge in [-0.2, -0.15) is 5.10 Å². The molecule has 0 amide bonds. The smallest absolute Gasteiger partial charge is 0.191 e. The largest absolute Gasteiger partial charge is 0.378 e. The van der Waals surface area contributed by atoms with Crippen LogP contribution in [0.4, 0.5) is 0 Å². The molecule has 0 aliphatic heterocycles. The van der Waals surface area contributed by atoms with Crippen LogP contribution in [0.2, 0.25) is 0 Å². The maximum absolute atomic E-state index is 6.00. The van der Waals surface area contributed by atoms with Crippen LogP contribution < -0.4 is 10.6 Å². The van der Waals surface area contributed by atoms with Gasteiger partial charge in [-0.1, -0.05) is 31.0 Å². The van der Waals surface area contributed by atoms with Crippen molar-refractivity contribution in [1.82, 2.24) is 25.8 Å². The number of guanidine groups is 1. The van der Waals surface area contributed by atoms with E-state index < -0.39 is 0 Å². The van der Waals surface area contributed by atoms with Gasteiger partial charge < -0.3 is 15.4 Å². The van der Waals surface area contributed by atoms with Gasteiger partial charge in [-0.05, 0) is 43.7 Å². The molecule has 8 heteroatoms. The summed E-state index contributed by atoms with van der Waals surface area (Å²) < 4.78 is 6.00. The molecule has 1 atom stereocenters. The number of ether oxygens (including phenoxy) is 1.